The van der Waals surface area contributed by atoms with E-state index in [9.17, 15) is 4.79 Å². The number of nitrogens with one attached hydrogen (secondary N) is 1. The van der Waals surface area contributed by atoms with Crippen molar-refractivity contribution in [1.82, 2.24) is 9.97 Å². The minimum Gasteiger partial charge on any atom is -0.319 e. The Morgan fingerprint density at radius 3 is 2.37 bits per heavy atom. The molecule has 2 aromatic rings. The average molecular weight is 405 g/mol. The smallest absolute Gasteiger partial charge is 0.275 e. The molecular weight excluding hydrogens is 397 g/mol. The third-order valence-electron chi connectivity index (χ3n) is 2.28. The molecule has 0 aliphatic rings. The van der Waals surface area contributed by atoms with Crippen LogP contribution in [0.15, 0.2) is 33.5 Å². The highest BCUT2D eigenvalue weighted by Crippen LogP contribution is 2.32. The number of halogens is 3. The molecule has 0 unspecified atom stereocenters. The largest absolute Gasteiger partial charge is 0.319 e. The summed E-state index contributed by atoms with van der Waals surface area (Å²) in [5, 5.41) is 3.01. The van der Waals surface area contributed by atoms with Crippen molar-refractivity contribution in [1.29, 1.82) is 0 Å². The second kappa shape index (κ2) is 5.98. The van der Waals surface area contributed by atoms with Crippen molar-refractivity contribution >= 4 is 55.1 Å². The van der Waals surface area contributed by atoms with Crippen LogP contribution in [0.3, 0.4) is 0 Å². The van der Waals surface area contributed by atoms with Crippen molar-refractivity contribution < 1.29 is 4.79 Å². The zero-order valence-corrected chi connectivity index (χ0v) is 13.7. The number of carbonyl (C=O) groups excluding carboxylic acids is 1. The monoisotopic (exact) mass is 403 g/mol. The van der Waals surface area contributed by atoms with Crippen LogP contribution in [0.25, 0.3) is 0 Å². The second-order valence-electron chi connectivity index (χ2n) is 3.78. The summed E-state index contributed by atoms with van der Waals surface area (Å²) in [5.41, 5.74) is 1.92. The molecule has 2 rings (SSSR count). The number of aryl methyl sites for hydroxylation is 1. The van der Waals surface area contributed by atoms with Crippen molar-refractivity contribution in [3.05, 3.63) is 49.9 Å². The average Bonchev–Trinajstić information content (AvgIpc) is 2.34. The summed E-state index contributed by atoms with van der Waals surface area (Å²) in [5.74, 6) is -0.352. The van der Waals surface area contributed by atoms with Gasteiger partial charge in [-0.3, -0.25) is 4.79 Å². The van der Waals surface area contributed by atoms with Gasteiger partial charge in [-0.25, -0.2) is 9.97 Å². The lowest BCUT2D eigenvalue weighted by atomic mass is 10.2. The zero-order valence-electron chi connectivity index (χ0n) is 9.75. The van der Waals surface area contributed by atoms with E-state index in [-0.39, 0.29) is 16.8 Å². The van der Waals surface area contributed by atoms with E-state index in [1.807, 2.05) is 19.1 Å². The van der Waals surface area contributed by atoms with Crippen LogP contribution >= 0.6 is 43.5 Å². The van der Waals surface area contributed by atoms with Crippen LogP contribution in [-0.4, -0.2) is 15.9 Å². The van der Waals surface area contributed by atoms with Gasteiger partial charge in [-0.15, -0.1) is 0 Å². The van der Waals surface area contributed by atoms with Gasteiger partial charge in [0, 0.05) is 8.95 Å². The molecule has 0 fully saturated rings. The molecule has 0 radical (unpaired) electrons. The molecule has 4 nitrogen and oxygen atoms in total. The lowest BCUT2D eigenvalue weighted by Gasteiger charge is -2.10. The van der Waals surface area contributed by atoms with Gasteiger partial charge in [0.25, 0.3) is 5.91 Å². The molecular formula is C12H8Br2ClN3O. The molecule has 0 bridgehead atoms. The highest BCUT2D eigenvalue weighted by atomic mass is 79.9. The highest BCUT2D eigenvalue weighted by Gasteiger charge is 2.13. The molecule has 1 N–H and O–H groups in total. The zero-order chi connectivity index (χ0) is 14.0. The number of rotatable bonds is 2. The van der Waals surface area contributed by atoms with E-state index in [4.69, 9.17) is 11.6 Å². The molecule has 19 heavy (non-hydrogen) atoms. The topological polar surface area (TPSA) is 54.9 Å². The summed E-state index contributed by atoms with van der Waals surface area (Å²) < 4.78 is 1.57. The SMILES string of the molecule is Cc1cc(Br)c(NC(=O)c2cnc(Cl)cn2)c(Br)c1. The van der Waals surface area contributed by atoms with Gasteiger partial charge in [0.15, 0.2) is 0 Å². The lowest BCUT2D eigenvalue weighted by Crippen LogP contribution is -2.14. The molecule has 0 saturated carbocycles. The number of aromatic nitrogens is 2. The van der Waals surface area contributed by atoms with Crippen molar-refractivity contribution in [2.45, 2.75) is 6.92 Å². The van der Waals surface area contributed by atoms with Gasteiger partial charge in [-0.05, 0) is 56.5 Å². The van der Waals surface area contributed by atoms with E-state index in [0.717, 1.165) is 14.5 Å². The van der Waals surface area contributed by atoms with Crippen molar-refractivity contribution in [2.24, 2.45) is 0 Å². The summed E-state index contributed by atoms with van der Waals surface area (Å²) in [7, 11) is 0. The first-order valence-corrected chi connectivity index (χ1v) is 7.18. The van der Waals surface area contributed by atoms with Crippen molar-refractivity contribution in [3.8, 4) is 0 Å². The van der Waals surface area contributed by atoms with E-state index >= 15 is 0 Å². The van der Waals surface area contributed by atoms with E-state index in [0.29, 0.717) is 5.69 Å². The van der Waals surface area contributed by atoms with Gasteiger partial charge >= 0.3 is 0 Å². The van der Waals surface area contributed by atoms with Crippen molar-refractivity contribution in [2.75, 3.05) is 5.32 Å². The molecule has 0 saturated heterocycles. The fourth-order valence-corrected chi connectivity index (χ4v) is 3.14. The fourth-order valence-electron chi connectivity index (χ4n) is 1.43. The van der Waals surface area contributed by atoms with E-state index in [2.05, 4.69) is 47.1 Å². The molecule has 0 aliphatic heterocycles. The summed E-state index contributed by atoms with van der Waals surface area (Å²) in [6, 6.07) is 3.82. The third kappa shape index (κ3) is 3.52. The number of nitrogens with zero attached hydrogens (tertiary/aromatic N) is 2. The van der Waals surface area contributed by atoms with Crippen LogP contribution in [0.5, 0.6) is 0 Å². The summed E-state index contributed by atoms with van der Waals surface area (Å²) in [6.07, 6.45) is 2.66. The third-order valence-corrected chi connectivity index (χ3v) is 3.72. The Hall–Kier alpha value is -0.980. The van der Waals surface area contributed by atoms with Crippen LogP contribution in [0.2, 0.25) is 5.15 Å². The molecule has 1 amide bonds. The molecule has 1 aromatic heterocycles. The van der Waals surface area contributed by atoms with Crippen LogP contribution in [-0.2, 0) is 0 Å². The maximum Gasteiger partial charge on any atom is 0.275 e. The molecule has 1 aromatic carbocycles. The Bertz CT molecular complexity index is 608. The van der Waals surface area contributed by atoms with E-state index < -0.39 is 0 Å². The Morgan fingerprint density at radius 2 is 1.84 bits per heavy atom. The molecule has 7 heteroatoms. The highest BCUT2D eigenvalue weighted by molar-refractivity contribution is 9.11. The Balaban J connectivity index is 2.26. The Labute approximate surface area is 131 Å². The Morgan fingerprint density at radius 1 is 1.21 bits per heavy atom. The number of benzene rings is 1. The standard InChI is InChI=1S/C12H8Br2ClN3O/c1-6-2-7(13)11(8(14)3-6)18-12(19)9-4-17-10(15)5-16-9/h2-5H,1H3,(H,18,19). The minimum atomic E-state index is -0.352. The molecule has 0 spiro atoms. The van der Waals surface area contributed by atoms with Gasteiger partial charge in [0.2, 0.25) is 0 Å². The van der Waals surface area contributed by atoms with Gasteiger partial charge in [0.1, 0.15) is 10.8 Å². The minimum absolute atomic E-state index is 0.198. The van der Waals surface area contributed by atoms with E-state index in [1.54, 1.807) is 0 Å². The molecule has 0 aliphatic carbocycles. The summed E-state index contributed by atoms with van der Waals surface area (Å²) >= 11 is 12.4. The number of hydrogen-bond acceptors (Lipinski definition) is 3. The van der Waals surface area contributed by atoms with Gasteiger partial charge in [-0.1, -0.05) is 11.6 Å². The fraction of sp³-hybridized carbons (Fsp3) is 0.0833. The quantitative estimate of drug-likeness (QED) is 0.814. The van der Waals surface area contributed by atoms with Crippen LogP contribution in [0.4, 0.5) is 5.69 Å². The van der Waals surface area contributed by atoms with Gasteiger partial charge in [0.05, 0.1) is 18.1 Å². The number of hydrogen-bond donors (Lipinski definition) is 1. The first-order valence-electron chi connectivity index (χ1n) is 5.22. The number of anilines is 1. The maximum atomic E-state index is 12.0. The predicted octanol–water partition coefficient (Wildman–Crippen LogP) is 4.22. The molecule has 98 valence electrons. The first kappa shape index (κ1) is 14.4. The number of carbonyl (C=O) groups is 1. The second-order valence-corrected chi connectivity index (χ2v) is 5.88. The lowest BCUT2D eigenvalue weighted by molar-refractivity contribution is 0.102. The summed E-state index contributed by atoms with van der Waals surface area (Å²) in [6.45, 7) is 1.96. The number of amides is 1. The molecule has 0 atom stereocenters. The van der Waals surface area contributed by atoms with Crippen LogP contribution in [0.1, 0.15) is 16.1 Å². The van der Waals surface area contributed by atoms with E-state index in [1.165, 1.54) is 12.4 Å². The molecule has 1 heterocycles. The van der Waals surface area contributed by atoms with Crippen LogP contribution < -0.4 is 5.32 Å². The Kier molecular flexibility index (Phi) is 4.54. The maximum absolute atomic E-state index is 12.0. The predicted molar refractivity (Wildman–Crippen MR) is 81.6 cm³/mol. The van der Waals surface area contributed by atoms with Crippen LogP contribution in [0, 0.1) is 6.92 Å². The normalized spacial score (nSPS) is 10.3. The van der Waals surface area contributed by atoms with Crippen molar-refractivity contribution in [3.63, 3.8) is 0 Å². The summed E-state index contributed by atoms with van der Waals surface area (Å²) in [4.78, 5) is 19.7. The first-order chi connectivity index (χ1) is 8.97. The van der Waals surface area contributed by atoms with Gasteiger partial charge in [-0.2, -0.15) is 0 Å². The van der Waals surface area contributed by atoms with Gasteiger partial charge < -0.3 is 5.32 Å².